The van der Waals surface area contributed by atoms with E-state index in [1.165, 1.54) is 0 Å². The van der Waals surface area contributed by atoms with Crippen LogP contribution in [0.3, 0.4) is 0 Å². The summed E-state index contributed by atoms with van der Waals surface area (Å²) in [5, 5.41) is 11.6. The van der Waals surface area contributed by atoms with E-state index in [9.17, 15) is 0 Å². The van der Waals surface area contributed by atoms with Crippen LogP contribution in [-0.4, -0.2) is 15.8 Å². The van der Waals surface area contributed by atoms with E-state index in [1.54, 1.807) is 0 Å². The van der Waals surface area contributed by atoms with Crippen LogP contribution < -0.4 is 0 Å². The fraction of sp³-hybridized carbons (Fsp3) is 0.857. The van der Waals surface area contributed by atoms with E-state index in [4.69, 9.17) is 16.8 Å². The van der Waals surface area contributed by atoms with E-state index < -0.39 is 4.87 Å². The molecule has 3 heteroatoms. The van der Waals surface area contributed by atoms with Crippen molar-refractivity contribution >= 4 is 17.3 Å². The molecular formula is C7H12ClNO. The van der Waals surface area contributed by atoms with Gasteiger partial charge in [-0.05, 0) is 18.8 Å². The Labute approximate surface area is 65.9 Å². The van der Waals surface area contributed by atoms with Crippen molar-refractivity contribution in [3.8, 4) is 0 Å². The first-order valence-electron chi connectivity index (χ1n) is 3.32. The number of alkyl halides is 1. The Morgan fingerprint density at radius 1 is 1.50 bits per heavy atom. The van der Waals surface area contributed by atoms with Crippen LogP contribution >= 0.6 is 11.6 Å². The summed E-state index contributed by atoms with van der Waals surface area (Å²) >= 11 is 6.07. The Morgan fingerprint density at radius 3 is 2.10 bits per heavy atom. The molecule has 0 saturated heterocycles. The molecule has 10 heavy (non-hydrogen) atoms. The Balaban J connectivity index is 2.85. The molecular weight excluding hydrogens is 150 g/mol. The molecule has 0 bridgehead atoms. The predicted molar refractivity (Wildman–Crippen MR) is 41.9 cm³/mol. The first-order chi connectivity index (χ1) is 4.42. The van der Waals surface area contributed by atoms with Gasteiger partial charge in [-0.15, -0.1) is 11.6 Å². The maximum absolute atomic E-state index is 8.46. The Morgan fingerprint density at radius 2 is 2.00 bits per heavy atom. The van der Waals surface area contributed by atoms with Crippen LogP contribution in [0.15, 0.2) is 5.16 Å². The largest absolute Gasteiger partial charge is 0.411 e. The fourth-order valence-corrected chi connectivity index (χ4v) is 1.34. The van der Waals surface area contributed by atoms with Gasteiger partial charge in [-0.2, -0.15) is 0 Å². The molecule has 0 spiro atoms. The number of hydrogen-bond acceptors (Lipinski definition) is 2. The summed E-state index contributed by atoms with van der Waals surface area (Å²) in [6, 6.07) is 0. The van der Waals surface area contributed by atoms with E-state index in [2.05, 4.69) is 19.0 Å². The Bertz CT molecular complexity index is 184. The molecule has 1 aliphatic carbocycles. The smallest absolute Gasteiger partial charge is 0.0886 e. The summed E-state index contributed by atoms with van der Waals surface area (Å²) in [7, 11) is 0. The molecule has 0 aromatic carbocycles. The minimum absolute atomic E-state index is 0.0656. The Hall–Kier alpha value is -0.240. The van der Waals surface area contributed by atoms with Gasteiger partial charge in [0.05, 0.1) is 10.6 Å². The summed E-state index contributed by atoms with van der Waals surface area (Å²) in [6.07, 6.45) is 0.795. The van der Waals surface area contributed by atoms with Crippen molar-refractivity contribution in [2.24, 2.45) is 10.6 Å². The van der Waals surface area contributed by atoms with Crippen LogP contribution in [0.5, 0.6) is 0 Å². The van der Waals surface area contributed by atoms with Gasteiger partial charge < -0.3 is 5.21 Å². The van der Waals surface area contributed by atoms with E-state index in [1.807, 2.05) is 6.92 Å². The van der Waals surface area contributed by atoms with E-state index in [0.717, 1.165) is 6.42 Å². The molecule has 2 nitrogen and oxygen atoms in total. The third-order valence-corrected chi connectivity index (χ3v) is 3.27. The number of nitrogens with zero attached hydrogens (tertiary/aromatic N) is 1. The highest BCUT2D eigenvalue weighted by molar-refractivity contribution is 6.39. The highest BCUT2D eigenvalue weighted by atomic mass is 35.5. The van der Waals surface area contributed by atoms with Gasteiger partial charge >= 0.3 is 0 Å². The van der Waals surface area contributed by atoms with Gasteiger partial charge in [-0.3, -0.25) is 0 Å². The molecule has 1 aliphatic rings. The molecule has 0 radical (unpaired) electrons. The fourth-order valence-electron chi connectivity index (χ4n) is 1.16. The number of rotatable bonds is 0. The lowest BCUT2D eigenvalue weighted by Crippen LogP contribution is -2.56. The quantitative estimate of drug-likeness (QED) is 0.330. The van der Waals surface area contributed by atoms with Gasteiger partial charge in [-0.1, -0.05) is 19.0 Å². The normalized spacial score (nSPS) is 41.4. The average Bonchev–Trinajstić information content (AvgIpc) is 1.83. The Kier molecular flexibility index (Phi) is 1.48. The van der Waals surface area contributed by atoms with Crippen LogP contribution in [0.1, 0.15) is 27.2 Å². The number of halogens is 1. The molecule has 1 unspecified atom stereocenters. The van der Waals surface area contributed by atoms with Crippen LogP contribution in [0.25, 0.3) is 0 Å². The summed E-state index contributed by atoms with van der Waals surface area (Å²) in [5.74, 6) is 0. The van der Waals surface area contributed by atoms with Crippen molar-refractivity contribution in [2.45, 2.75) is 32.1 Å². The van der Waals surface area contributed by atoms with Gasteiger partial charge in [0.2, 0.25) is 0 Å². The van der Waals surface area contributed by atoms with Gasteiger partial charge in [0.25, 0.3) is 0 Å². The molecule has 0 aromatic rings. The van der Waals surface area contributed by atoms with Crippen molar-refractivity contribution in [1.29, 1.82) is 0 Å². The lowest BCUT2D eigenvalue weighted by molar-refractivity contribution is 0.237. The highest BCUT2D eigenvalue weighted by Gasteiger charge is 2.54. The SMILES string of the molecule is CC1(C)C/C(=N\O)C1(C)Cl. The second kappa shape index (κ2) is 1.88. The maximum Gasteiger partial charge on any atom is 0.0886 e. The standard InChI is InChI=1S/C7H12ClNO/c1-6(2)4-5(9-10)7(6,3)8/h10H,4H2,1-3H3/b9-5+. The first-order valence-corrected chi connectivity index (χ1v) is 3.70. The zero-order chi connectivity index (χ0) is 7.99. The highest BCUT2D eigenvalue weighted by Crippen LogP contribution is 2.51. The zero-order valence-electron chi connectivity index (χ0n) is 6.48. The second-order valence-electron chi connectivity index (χ2n) is 3.61. The molecule has 1 atom stereocenters. The molecule has 1 fully saturated rings. The van der Waals surface area contributed by atoms with Crippen molar-refractivity contribution < 1.29 is 5.21 Å². The van der Waals surface area contributed by atoms with Crippen molar-refractivity contribution in [1.82, 2.24) is 0 Å². The van der Waals surface area contributed by atoms with Gasteiger partial charge in [0.15, 0.2) is 0 Å². The van der Waals surface area contributed by atoms with Crippen molar-refractivity contribution in [3.05, 3.63) is 0 Å². The van der Waals surface area contributed by atoms with Gasteiger partial charge in [-0.25, -0.2) is 0 Å². The van der Waals surface area contributed by atoms with Crippen molar-refractivity contribution in [2.75, 3.05) is 0 Å². The minimum atomic E-state index is -0.443. The third-order valence-electron chi connectivity index (χ3n) is 2.54. The van der Waals surface area contributed by atoms with E-state index in [-0.39, 0.29) is 5.41 Å². The zero-order valence-corrected chi connectivity index (χ0v) is 7.24. The number of hydrogen-bond donors (Lipinski definition) is 1. The molecule has 1 rings (SSSR count). The van der Waals surface area contributed by atoms with Crippen LogP contribution in [0.4, 0.5) is 0 Å². The second-order valence-corrected chi connectivity index (χ2v) is 4.37. The molecule has 1 saturated carbocycles. The topological polar surface area (TPSA) is 32.6 Å². The third kappa shape index (κ3) is 0.749. The molecule has 0 aromatic heterocycles. The van der Waals surface area contributed by atoms with Crippen LogP contribution in [-0.2, 0) is 0 Å². The van der Waals surface area contributed by atoms with Crippen molar-refractivity contribution in [3.63, 3.8) is 0 Å². The minimum Gasteiger partial charge on any atom is -0.411 e. The van der Waals surface area contributed by atoms with Gasteiger partial charge in [0, 0.05) is 0 Å². The maximum atomic E-state index is 8.46. The molecule has 0 amide bonds. The molecule has 0 heterocycles. The molecule has 58 valence electrons. The lowest BCUT2D eigenvalue weighted by atomic mass is 9.61. The lowest BCUT2D eigenvalue weighted by Gasteiger charge is -2.49. The molecule has 1 N–H and O–H groups in total. The molecule has 0 aliphatic heterocycles. The van der Waals surface area contributed by atoms with Crippen LogP contribution in [0, 0.1) is 5.41 Å². The van der Waals surface area contributed by atoms with Gasteiger partial charge in [0.1, 0.15) is 0 Å². The van der Waals surface area contributed by atoms with E-state index >= 15 is 0 Å². The summed E-state index contributed by atoms with van der Waals surface area (Å²) in [6.45, 7) is 6.01. The summed E-state index contributed by atoms with van der Waals surface area (Å²) < 4.78 is 0. The monoisotopic (exact) mass is 161 g/mol. The van der Waals surface area contributed by atoms with E-state index in [0.29, 0.717) is 5.71 Å². The summed E-state index contributed by atoms with van der Waals surface area (Å²) in [4.78, 5) is -0.443. The first kappa shape index (κ1) is 7.86. The van der Waals surface area contributed by atoms with Crippen LogP contribution in [0.2, 0.25) is 0 Å². The number of oxime groups is 1. The summed E-state index contributed by atoms with van der Waals surface area (Å²) in [5.41, 5.74) is 0.759. The average molecular weight is 162 g/mol. The predicted octanol–water partition coefficient (Wildman–Crippen LogP) is 2.24.